The number of amides is 1. The first-order valence-corrected chi connectivity index (χ1v) is 5.30. The summed E-state index contributed by atoms with van der Waals surface area (Å²) in [6, 6.07) is 0. The smallest absolute Gasteiger partial charge is 0.306 e. The lowest BCUT2D eigenvalue weighted by molar-refractivity contribution is -0.145. The molecule has 1 aliphatic rings. The number of piperidine rings is 1. The van der Waals surface area contributed by atoms with Crippen LogP contribution < -0.4 is 5.32 Å². The van der Waals surface area contributed by atoms with Crippen LogP contribution in [0, 0.1) is 18.3 Å². The van der Waals surface area contributed by atoms with Crippen molar-refractivity contribution >= 4 is 11.9 Å². The average molecular weight is 224 g/mol. The standard InChI is InChI=1S/C11H16N2O3/c1-2-5-12-8-10(14)13-6-3-9(4-7-13)11(15)16/h1,9,12H,3-8H2,(H,15,16). The number of nitrogens with one attached hydrogen (secondary N) is 1. The summed E-state index contributed by atoms with van der Waals surface area (Å²) in [7, 11) is 0. The zero-order valence-corrected chi connectivity index (χ0v) is 9.11. The van der Waals surface area contributed by atoms with E-state index in [4.69, 9.17) is 11.5 Å². The molecule has 5 nitrogen and oxygen atoms in total. The summed E-state index contributed by atoms with van der Waals surface area (Å²) >= 11 is 0. The van der Waals surface area contributed by atoms with E-state index in [2.05, 4.69) is 11.2 Å². The lowest BCUT2D eigenvalue weighted by atomic mass is 9.97. The van der Waals surface area contributed by atoms with Gasteiger partial charge >= 0.3 is 5.97 Å². The van der Waals surface area contributed by atoms with Crippen LogP contribution in [0.1, 0.15) is 12.8 Å². The summed E-state index contributed by atoms with van der Waals surface area (Å²) in [5.74, 6) is 1.30. The number of hydrogen-bond donors (Lipinski definition) is 2. The zero-order valence-electron chi connectivity index (χ0n) is 9.11. The van der Waals surface area contributed by atoms with Crippen LogP contribution in [-0.2, 0) is 9.59 Å². The van der Waals surface area contributed by atoms with Gasteiger partial charge in [0.25, 0.3) is 0 Å². The third-order valence-electron chi connectivity index (χ3n) is 2.70. The maximum absolute atomic E-state index is 11.6. The Morgan fingerprint density at radius 2 is 2.06 bits per heavy atom. The summed E-state index contributed by atoms with van der Waals surface area (Å²) in [5, 5.41) is 11.6. The third-order valence-corrected chi connectivity index (χ3v) is 2.70. The van der Waals surface area contributed by atoms with Crippen LogP contribution in [-0.4, -0.2) is 48.1 Å². The van der Waals surface area contributed by atoms with Gasteiger partial charge in [0, 0.05) is 13.1 Å². The third kappa shape index (κ3) is 3.55. The number of aliphatic carboxylic acids is 1. The van der Waals surface area contributed by atoms with Crippen LogP contribution in [0.25, 0.3) is 0 Å². The van der Waals surface area contributed by atoms with Crippen molar-refractivity contribution in [2.24, 2.45) is 5.92 Å². The van der Waals surface area contributed by atoms with Crippen LogP contribution in [0.5, 0.6) is 0 Å². The van der Waals surface area contributed by atoms with Crippen molar-refractivity contribution in [3.63, 3.8) is 0 Å². The maximum Gasteiger partial charge on any atom is 0.306 e. The molecule has 5 heteroatoms. The Labute approximate surface area is 94.8 Å². The summed E-state index contributed by atoms with van der Waals surface area (Å²) in [4.78, 5) is 24.0. The molecule has 1 amide bonds. The molecule has 0 unspecified atom stereocenters. The fraction of sp³-hybridized carbons (Fsp3) is 0.636. The van der Waals surface area contributed by atoms with Gasteiger partial charge in [-0.05, 0) is 12.8 Å². The maximum atomic E-state index is 11.6. The van der Waals surface area contributed by atoms with E-state index >= 15 is 0 Å². The highest BCUT2D eigenvalue weighted by molar-refractivity contribution is 5.79. The van der Waals surface area contributed by atoms with E-state index in [1.165, 1.54) is 0 Å². The van der Waals surface area contributed by atoms with Crippen molar-refractivity contribution in [2.45, 2.75) is 12.8 Å². The first-order valence-electron chi connectivity index (χ1n) is 5.30. The predicted molar refractivity (Wildman–Crippen MR) is 58.6 cm³/mol. The SMILES string of the molecule is C#CCNCC(=O)N1CCC(C(=O)O)CC1. The Balaban J connectivity index is 2.28. The minimum atomic E-state index is -0.766. The normalized spacial score (nSPS) is 16.8. The van der Waals surface area contributed by atoms with E-state index in [0.29, 0.717) is 32.5 Å². The molecule has 1 fully saturated rings. The number of hydrogen-bond acceptors (Lipinski definition) is 3. The second-order valence-electron chi connectivity index (χ2n) is 3.80. The minimum Gasteiger partial charge on any atom is -0.481 e. The molecule has 0 aromatic rings. The van der Waals surface area contributed by atoms with Gasteiger partial charge in [-0.2, -0.15) is 0 Å². The predicted octanol–water partition coefficient (Wildman–Crippen LogP) is -0.468. The number of rotatable bonds is 4. The van der Waals surface area contributed by atoms with Crippen LogP contribution in [0.3, 0.4) is 0 Å². The Kier molecular flexibility index (Phi) is 4.80. The molecule has 1 rings (SSSR count). The molecule has 0 bridgehead atoms. The van der Waals surface area contributed by atoms with Gasteiger partial charge in [0.15, 0.2) is 0 Å². The van der Waals surface area contributed by atoms with Crippen molar-refractivity contribution in [2.75, 3.05) is 26.2 Å². The van der Waals surface area contributed by atoms with E-state index in [-0.39, 0.29) is 18.4 Å². The first kappa shape index (κ1) is 12.5. The molecule has 88 valence electrons. The van der Waals surface area contributed by atoms with Crippen molar-refractivity contribution in [1.29, 1.82) is 0 Å². The lowest BCUT2D eigenvalue weighted by Crippen LogP contribution is -2.44. The molecule has 0 aromatic carbocycles. The molecule has 0 spiro atoms. The molecule has 1 aliphatic heterocycles. The van der Waals surface area contributed by atoms with Crippen molar-refractivity contribution in [3.05, 3.63) is 0 Å². The molecule has 2 N–H and O–H groups in total. The Hall–Kier alpha value is -1.54. The zero-order chi connectivity index (χ0) is 12.0. The van der Waals surface area contributed by atoms with Gasteiger partial charge in [-0.1, -0.05) is 5.92 Å². The minimum absolute atomic E-state index is 0.0147. The van der Waals surface area contributed by atoms with E-state index in [9.17, 15) is 9.59 Å². The molecule has 0 atom stereocenters. The van der Waals surface area contributed by atoms with E-state index < -0.39 is 5.97 Å². The second kappa shape index (κ2) is 6.13. The summed E-state index contributed by atoms with van der Waals surface area (Å²) in [5.41, 5.74) is 0. The number of nitrogens with zero attached hydrogens (tertiary/aromatic N) is 1. The Bertz CT molecular complexity index is 301. The van der Waals surface area contributed by atoms with E-state index in [1.54, 1.807) is 4.90 Å². The summed E-state index contributed by atoms with van der Waals surface area (Å²) < 4.78 is 0. The van der Waals surface area contributed by atoms with Crippen LogP contribution in [0.2, 0.25) is 0 Å². The quantitative estimate of drug-likeness (QED) is 0.500. The van der Waals surface area contributed by atoms with E-state index in [0.717, 1.165) is 0 Å². The van der Waals surface area contributed by atoms with Gasteiger partial charge in [0.1, 0.15) is 0 Å². The molecule has 0 aliphatic carbocycles. The number of carbonyl (C=O) groups excluding carboxylic acids is 1. The van der Waals surface area contributed by atoms with Crippen molar-refractivity contribution in [1.82, 2.24) is 10.2 Å². The first-order chi connectivity index (χ1) is 7.65. The molecule has 1 saturated heterocycles. The fourth-order valence-electron chi connectivity index (χ4n) is 1.73. The molecular formula is C11H16N2O3. The number of carboxylic acid groups (broad SMARTS) is 1. The Morgan fingerprint density at radius 1 is 1.44 bits per heavy atom. The Morgan fingerprint density at radius 3 is 2.56 bits per heavy atom. The van der Waals surface area contributed by atoms with Crippen molar-refractivity contribution in [3.8, 4) is 12.3 Å². The molecular weight excluding hydrogens is 208 g/mol. The van der Waals surface area contributed by atoms with Gasteiger partial charge in [-0.3, -0.25) is 14.9 Å². The van der Waals surface area contributed by atoms with Crippen LogP contribution in [0.15, 0.2) is 0 Å². The largest absolute Gasteiger partial charge is 0.481 e. The molecule has 1 heterocycles. The number of carboxylic acids is 1. The monoisotopic (exact) mass is 224 g/mol. The van der Waals surface area contributed by atoms with Gasteiger partial charge in [0.05, 0.1) is 19.0 Å². The fourth-order valence-corrected chi connectivity index (χ4v) is 1.73. The van der Waals surface area contributed by atoms with Crippen LogP contribution in [0.4, 0.5) is 0 Å². The highest BCUT2D eigenvalue weighted by atomic mass is 16.4. The van der Waals surface area contributed by atoms with Gasteiger partial charge in [-0.25, -0.2) is 0 Å². The van der Waals surface area contributed by atoms with E-state index in [1.807, 2.05) is 0 Å². The topological polar surface area (TPSA) is 69.6 Å². The number of likely N-dealkylation sites (tertiary alicyclic amines) is 1. The molecule has 0 radical (unpaired) electrons. The summed E-state index contributed by atoms with van der Waals surface area (Å²) in [6.45, 7) is 1.64. The van der Waals surface area contributed by atoms with Crippen LogP contribution >= 0.6 is 0 Å². The van der Waals surface area contributed by atoms with Gasteiger partial charge < -0.3 is 10.0 Å². The summed E-state index contributed by atoms with van der Waals surface area (Å²) in [6.07, 6.45) is 6.12. The lowest BCUT2D eigenvalue weighted by Gasteiger charge is -2.30. The highest BCUT2D eigenvalue weighted by Crippen LogP contribution is 2.16. The number of carbonyl (C=O) groups is 2. The molecule has 0 aromatic heterocycles. The average Bonchev–Trinajstić information content (AvgIpc) is 2.29. The van der Waals surface area contributed by atoms with Crippen molar-refractivity contribution < 1.29 is 14.7 Å². The number of terminal acetylenes is 1. The van der Waals surface area contributed by atoms with Gasteiger partial charge in [0.2, 0.25) is 5.91 Å². The van der Waals surface area contributed by atoms with Gasteiger partial charge in [-0.15, -0.1) is 6.42 Å². The second-order valence-corrected chi connectivity index (χ2v) is 3.80. The molecule has 0 saturated carbocycles. The molecule has 16 heavy (non-hydrogen) atoms. The highest BCUT2D eigenvalue weighted by Gasteiger charge is 2.26.